The lowest BCUT2D eigenvalue weighted by atomic mass is 10.2. The summed E-state index contributed by atoms with van der Waals surface area (Å²) >= 11 is 0. The van der Waals surface area contributed by atoms with Crippen LogP contribution in [-0.4, -0.2) is 54.5 Å². The molecule has 0 spiro atoms. The molecule has 128 valence electrons. The highest BCUT2D eigenvalue weighted by Crippen LogP contribution is 2.30. The fourth-order valence-corrected chi connectivity index (χ4v) is 2.61. The number of nitrogens with one attached hydrogen (secondary N) is 1. The highest BCUT2D eigenvalue weighted by Gasteiger charge is 2.30. The molecule has 1 amide bonds. The Bertz CT molecular complexity index is 538. The van der Waals surface area contributed by atoms with Gasteiger partial charge in [-0.3, -0.25) is 14.6 Å². The summed E-state index contributed by atoms with van der Waals surface area (Å²) in [5, 5.41) is 2.54. The number of carbonyl (C=O) groups is 1. The maximum atomic E-state index is 12.7. The number of anilines is 1. The van der Waals surface area contributed by atoms with Crippen LogP contribution in [0.15, 0.2) is 24.3 Å². The van der Waals surface area contributed by atoms with E-state index in [1.54, 1.807) is 0 Å². The van der Waals surface area contributed by atoms with Crippen molar-refractivity contribution < 1.29 is 18.0 Å². The maximum Gasteiger partial charge on any atom is 0.416 e. The second-order valence-electron chi connectivity index (χ2n) is 6.03. The Balaban J connectivity index is 1.86. The lowest BCUT2D eigenvalue weighted by Crippen LogP contribution is -2.50. The number of benzene rings is 1. The van der Waals surface area contributed by atoms with Gasteiger partial charge in [-0.15, -0.1) is 0 Å². The number of alkyl halides is 3. The first-order valence-corrected chi connectivity index (χ1v) is 7.69. The number of carbonyl (C=O) groups excluding carboxylic acids is 1. The van der Waals surface area contributed by atoms with Crippen molar-refractivity contribution in [2.24, 2.45) is 0 Å². The third kappa shape index (κ3) is 5.21. The molecule has 23 heavy (non-hydrogen) atoms. The molecule has 0 bridgehead atoms. The largest absolute Gasteiger partial charge is 0.416 e. The molecule has 0 aromatic heterocycles. The number of halogens is 3. The second-order valence-corrected chi connectivity index (χ2v) is 6.03. The molecule has 1 aliphatic rings. The van der Waals surface area contributed by atoms with Crippen molar-refractivity contribution in [1.29, 1.82) is 0 Å². The SMILES string of the molecule is CC(C)N1CCN(CC(=O)Nc2cccc(C(F)(F)F)c2)CC1. The summed E-state index contributed by atoms with van der Waals surface area (Å²) in [7, 11) is 0. The minimum atomic E-state index is -4.41. The van der Waals surface area contributed by atoms with E-state index < -0.39 is 11.7 Å². The predicted molar refractivity (Wildman–Crippen MR) is 83.2 cm³/mol. The fraction of sp³-hybridized carbons (Fsp3) is 0.562. The molecule has 1 N–H and O–H groups in total. The van der Waals surface area contributed by atoms with Crippen LogP contribution in [0.2, 0.25) is 0 Å². The predicted octanol–water partition coefficient (Wildman–Crippen LogP) is 2.67. The summed E-state index contributed by atoms with van der Waals surface area (Å²) in [5.74, 6) is -0.290. The maximum absolute atomic E-state index is 12.7. The number of hydrogen-bond acceptors (Lipinski definition) is 3. The fourth-order valence-electron chi connectivity index (χ4n) is 2.61. The summed E-state index contributed by atoms with van der Waals surface area (Å²) < 4.78 is 38.0. The van der Waals surface area contributed by atoms with Gasteiger partial charge in [-0.2, -0.15) is 13.2 Å². The van der Waals surface area contributed by atoms with Gasteiger partial charge in [-0.25, -0.2) is 0 Å². The van der Waals surface area contributed by atoms with Crippen molar-refractivity contribution in [2.45, 2.75) is 26.1 Å². The van der Waals surface area contributed by atoms with Crippen molar-refractivity contribution in [3.63, 3.8) is 0 Å². The first-order valence-electron chi connectivity index (χ1n) is 7.69. The van der Waals surface area contributed by atoms with Crippen LogP contribution in [0.4, 0.5) is 18.9 Å². The summed E-state index contributed by atoms with van der Waals surface area (Å²) in [5.41, 5.74) is -0.591. The monoisotopic (exact) mass is 329 g/mol. The first kappa shape index (κ1) is 17.7. The van der Waals surface area contributed by atoms with Gasteiger partial charge in [0.2, 0.25) is 5.91 Å². The third-order valence-electron chi connectivity index (χ3n) is 3.98. The van der Waals surface area contributed by atoms with Crippen molar-refractivity contribution in [1.82, 2.24) is 9.80 Å². The Morgan fingerprint density at radius 2 is 1.87 bits per heavy atom. The smallest absolute Gasteiger partial charge is 0.325 e. The van der Waals surface area contributed by atoms with E-state index in [-0.39, 0.29) is 18.1 Å². The molecule has 0 radical (unpaired) electrons. The highest BCUT2D eigenvalue weighted by molar-refractivity contribution is 5.92. The Kier molecular flexibility index (Phi) is 5.64. The molecule has 7 heteroatoms. The van der Waals surface area contributed by atoms with Crippen molar-refractivity contribution >= 4 is 11.6 Å². The normalized spacial score (nSPS) is 17.5. The zero-order valence-electron chi connectivity index (χ0n) is 13.4. The van der Waals surface area contributed by atoms with Crippen molar-refractivity contribution in [2.75, 3.05) is 38.0 Å². The van der Waals surface area contributed by atoms with Crippen LogP contribution in [0.25, 0.3) is 0 Å². The Morgan fingerprint density at radius 3 is 2.43 bits per heavy atom. The van der Waals surface area contributed by atoms with Crippen LogP contribution >= 0.6 is 0 Å². The molecular weight excluding hydrogens is 307 g/mol. The number of amides is 1. The van der Waals surface area contributed by atoms with Gasteiger partial charge in [-0.05, 0) is 32.0 Å². The summed E-state index contributed by atoms with van der Waals surface area (Å²) in [6.07, 6.45) is -4.41. The molecule has 0 saturated carbocycles. The molecular formula is C16H22F3N3O. The average Bonchev–Trinajstić information content (AvgIpc) is 2.47. The van der Waals surface area contributed by atoms with Crippen LogP contribution in [0, 0.1) is 0 Å². The molecule has 0 atom stereocenters. The molecule has 1 aliphatic heterocycles. The average molecular weight is 329 g/mol. The molecule has 1 saturated heterocycles. The minimum absolute atomic E-state index is 0.172. The summed E-state index contributed by atoms with van der Waals surface area (Å²) in [6.45, 7) is 7.83. The highest BCUT2D eigenvalue weighted by atomic mass is 19.4. The van der Waals surface area contributed by atoms with Crippen LogP contribution in [0.3, 0.4) is 0 Å². The van der Waals surface area contributed by atoms with Crippen molar-refractivity contribution in [3.05, 3.63) is 29.8 Å². The summed E-state index contributed by atoms with van der Waals surface area (Å²) in [6, 6.07) is 5.18. The lowest BCUT2D eigenvalue weighted by molar-refractivity contribution is -0.137. The Labute approximate surface area is 134 Å². The molecule has 0 aliphatic carbocycles. The number of nitrogens with zero attached hydrogens (tertiary/aromatic N) is 2. The molecule has 1 aromatic carbocycles. The van der Waals surface area contributed by atoms with Crippen LogP contribution in [0.5, 0.6) is 0 Å². The van der Waals surface area contributed by atoms with Gasteiger partial charge in [0.25, 0.3) is 0 Å². The first-order chi connectivity index (χ1) is 10.8. The van der Waals surface area contributed by atoms with Gasteiger partial charge in [0, 0.05) is 37.9 Å². The molecule has 0 unspecified atom stereocenters. The molecule has 1 fully saturated rings. The minimum Gasteiger partial charge on any atom is -0.325 e. The zero-order valence-corrected chi connectivity index (χ0v) is 13.4. The molecule has 4 nitrogen and oxygen atoms in total. The van der Waals surface area contributed by atoms with Gasteiger partial charge < -0.3 is 5.32 Å². The van der Waals surface area contributed by atoms with E-state index in [4.69, 9.17) is 0 Å². The van der Waals surface area contributed by atoms with Crippen LogP contribution in [-0.2, 0) is 11.0 Å². The molecule has 2 rings (SSSR count). The third-order valence-corrected chi connectivity index (χ3v) is 3.98. The zero-order chi connectivity index (χ0) is 17.0. The standard InChI is InChI=1S/C16H22F3N3O/c1-12(2)22-8-6-21(7-9-22)11-15(23)20-14-5-3-4-13(10-14)16(17,18)19/h3-5,10,12H,6-9,11H2,1-2H3,(H,20,23). The number of rotatable bonds is 4. The Hall–Kier alpha value is -1.60. The van der Waals surface area contributed by atoms with E-state index in [1.807, 2.05) is 4.90 Å². The van der Waals surface area contributed by atoms with Crippen molar-refractivity contribution in [3.8, 4) is 0 Å². The number of piperazine rings is 1. The Morgan fingerprint density at radius 1 is 1.22 bits per heavy atom. The van der Waals surface area contributed by atoms with Gasteiger partial charge in [-0.1, -0.05) is 6.07 Å². The number of hydrogen-bond donors (Lipinski definition) is 1. The van der Waals surface area contributed by atoms with Crippen LogP contribution in [0.1, 0.15) is 19.4 Å². The lowest BCUT2D eigenvalue weighted by Gasteiger charge is -2.36. The van der Waals surface area contributed by atoms with Gasteiger partial charge in [0.05, 0.1) is 12.1 Å². The quantitative estimate of drug-likeness (QED) is 0.922. The second kappa shape index (κ2) is 7.31. The van der Waals surface area contributed by atoms with Gasteiger partial charge in [0.15, 0.2) is 0 Å². The van der Waals surface area contributed by atoms with E-state index in [0.717, 1.165) is 38.3 Å². The van der Waals surface area contributed by atoms with E-state index in [9.17, 15) is 18.0 Å². The van der Waals surface area contributed by atoms with E-state index in [2.05, 4.69) is 24.1 Å². The molecule has 1 heterocycles. The van der Waals surface area contributed by atoms with E-state index in [0.29, 0.717) is 6.04 Å². The van der Waals surface area contributed by atoms with Gasteiger partial charge >= 0.3 is 6.18 Å². The summed E-state index contributed by atoms with van der Waals surface area (Å²) in [4.78, 5) is 16.4. The molecule has 1 aromatic rings. The van der Waals surface area contributed by atoms with Gasteiger partial charge in [0.1, 0.15) is 0 Å². The van der Waals surface area contributed by atoms with E-state index in [1.165, 1.54) is 12.1 Å². The topological polar surface area (TPSA) is 35.6 Å². The van der Waals surface area contributed by atoms with E-state index >= 15 is 0 Å². The van der Waals surface area contributed by atoms with Crippen LogP contribution < -0.4 is 5.32 Å².